The molecule has 0 aliphatic carbocycles. The predicted octanol–water partition coefficient (Wildman–Crippen LogP) is 1.21. The molecular weight excluding hydrogens is 254 g/mol. The number of aliphatic hydroxyl groups excluding tert-OH is 1. The topological polar surface area (TPSA) is 57.8 Å². The highest BCUT2D eigenvalue weighted by atomic mass is 16.3. The molecule has 0 saturated heterocycles. The van der Waals surface area contributed by atoms with Gasteiger partial charge in [-0.15, -0.1) is 0 Å². The molecule has 5 nitrogen and oxygen atoms in total. The number of aliphatic hydroxyl groups is 1. The van der Waals surface area contributed by atoms with Crippen molar-refractivity contribution in [3.63, 3.8) is 0 Å². The first-order valence-corrected chi connectivity index (χ1v) is 6.97. The molecule has 0 amide bonds. The summed E-state index contributed by atoms with van der Waals surface area (Å²) in [5, 5.41) is 9.08. The number of hydrogen-bond donors (Lipinski definition) is 1. The molecule has 5 heteroatoms. The second-order valence-electron chi connectivity index (χ2n) is 4.95. The maximum Gasteiger partial charge on any atom is 0.258 e. The average Bonchev–Trinajstić information content (AvgIpc) is 2.39. The van der Waals surface area contributed by atoms with Crippen LogP contribution in [0.4, 0.5) is 0 Å². The minimum Gasteiger partial charge on any atom is -0.395 e. The summed E-state index contributed by atoms with van der Waals surface area (Å²) in [7, 11) is 0. The fourth-order valence-electron chi connectivity index (χ4n) is 2.40. The predicted molar refractivity (Wildman–Crippen MR) is 78.9 cm³/mol. The molecule has 20 heavy (non-hydrogen) atoms. The maximum absolute atomic E-state index is 12.2. The van der Waals surface area contributed by atoms with E-state index in [1.807, 2.05) is 25.1 Å². The van der Waals surface area contributed by atoms with Crippen LogP contribution in [0, 0.1) is 6.92 Å². The van der Waals surface area contributed by atoms with E-state index < -0.39 is 0 Å². The van der Waals surface area contributed by atoms with E-state index in [1.165, 1.54) is 0 Å². The Morgan fingerprint density at radius 2 is 2.15 bits per heavy atom. The minimum atomic E-state index is -0.0523. The highest BCUT2D eigenvalue weighted by Gasteiger charge is 2.08. The van der Waals surface area contributed by atoms with Gasteiger partial charge in [-0.1, -0.05) is 13.0 Å². The molecule has 0 aliphatic rings. The summed E-state index contributed by atoms with van der Waals surface area (Å²) in [6, 6.07) is 7.22. The summed E-state index contributed by atoms with van der Waals surface area (Å²) in [6.45, 7) is 6.18. The molecule has 2 rings (SSSR count). The second-order valence-corrected chi connectivity index (χ2v) is 4.95. The Morgan fingerprint density at radius 3 is 2.85 bits per heavy atom. The third-order valence-electron chi connectivity index (χ3n) is 3.27. The summed E-state index contributed by atoms with van der Waals surface area (Å²) in [6.07, 6.45) is 1.01. The first-order chi connectivity index (χ1) is 9.65. The van der Waals surface area contributed by atoms with Gasteiger partial charge in [0.15, 0.2) is 0 Å². The number of aromatic nitrogens is 2. The van der Waals surface area contributed by atoms with Gasteiger partial charge in [0.25, 0.3) is 5.56 Å². The van der Waals surface area contributed by atoms with Crippen molar-refractivity contribution in [1.29, 1.82) is 0 Å². The summed E-state index contributed by atoms with van der Waals surface area (Å²) < 4.78 is 1.61. The van der Waals surface area contributed by atoms with E-state index in [0.717, 1.165) is 24.4 Å². The largest absolute Gasteiger partial charge is 0.395 e. The number of aryl methyl sites for hydroxylation is 1. The number of fused-ring (bicyclic) bond motifs is 1. The molecule has 1 N–H and O–H groups in total. The molecule has 0 aliphatic heterocycles. The van der Waals surface area contributed by atoms with Crippen LogP contribution in [0.15, 0.2) is 29.1 Å². The Hall–Kier alpha value is -1.72. The standard InChI is InChI=1S/C15H21N3O2/c1-3-7-17(8-9-19)11-13-10-15(20)18-12(2)5-4-6-14(18)16-13/h4-6,10,19H,3,7-9,11H2,1-2H3. The Balaban J connectivity index is 2.34. The smallest absolute Gasteiger partial charge is 0.258 e. The van der Waals surface area contributed by atoms with Crippen LogP contribution in [0.5, 0.6) is 0 Å². The fourth-order valence-corrected chi connectivity index (χ4v) is 2.40. The van der Waals surface area contributed by atoms with Crippen molar-refractivity contribution in [3.05, 3.63) is 46.0 Å². The summed E-state index contributed by atoms with van der Waals surface area (Å²) >= 11 is 0. The lowest BCUT2D eigenvalue weighted by Crippen LogP contribution is -2.29. The number of rotatable bonds is 6. The van der Waals surface area contributed by atoms with Crippen LogP contribution >= 0.6 is 0 Å². The molecule has 0 unspecified atom stereocenters. The molecule has 0 spiro atoms. The Labute approximate surface area is 118 Å². The van der Waals surface area contributed by atoms with Crippen molar-refractivity contribution in [2.24, 2.45) is 0 Å². The first kappa shape index (κ1) is 14.7. The van der Waals surface area contributed by atoms with Gasteiger partial charge >= 0.3 is 0 Å². The van der Waals surface area contributed by atoms with Gasteiger partial charge in [-0.05, 0) is 32.0 Å². The monoisotopic (exact) mass is 275 g/mol. The molecule has 0 fully saturated rings. The third kappa shape index (κ3) is 3.23. The second kappa shape index (κ2) is 6.63. The summed E-state index contributed by atoms with van der Waals surface area (Å²) in [5.41, 5.74) is 2.26. The summed E-state index contributed by atoms with van der Waals surface area (Å²) in [5.74, 6) is 0. The van der Waals surface area contributed by atoms with Crippen LogP contribution < -0.4 is 5.56 Å². The highest BCUT2D eigenvalue weighted by molar-refractivity contribution is 5.40. The van der Waals surface area contributed by atoms with Crippen molar-refractivity contribution in [2.75, 3.05) is 19.7 Å². The summed E-state index contributed by atoms with van der Waals surface area (Å²) in [4.78, 5) is 18.8. The van der Waals surface area contributed by atoms with E-state index in [-0.39, 0.29) is 12.2 Å². The van der Waals surface area contributed by atoms with Gasteiger partial charge < -0.3 is 5.11 Å². The van der Waals surface area contributed by atoms with E-state index in [2.05, 4.69) is 16.8 Å². The van der Waals surface area contributed by atoms with Gasteiger partial charge in [-0.25, -0.2) is 4.98 Å². The lowest BCUT2D eigenvalue weighted by molar-refractivity contribution is 0.189. The zero-order chi connectivity index (χ0) is 14.5. The lowest BCUT2D eigenvalue weighted by Gasteiger charge is -2.20. The average molecular weight is 275 g/mol. The molecule has 0 bridgehead atoms. The Morgan fingerprint density at radius 1 is 1.35 bits per heavy atom. The van der Waals surface area contributed by atoms with Crippen molar-refractivity contribution in [3.8, 4) is 0 Å². The van der Waals surface area contributed by atoms with Crippen molar-refractivity contribution < 1.29 is 5.11 Å². The van der Waals surface area contributed by atoms with E-state index in [9.17, 15) is 4.79 Å². The molecule has 2 aromatic rings. The molecule has 0 atom stereocenters. The van der Waals surface area contributed by atoms with Gasteiger partial charge in [-0.3, -0.25) is 14.1 Å². The normalized spacial score (nSPS) is 11.4. The van der Waals surface area contributed by atoms with Gasteiger partial charge in [-0.2, -0.15) is 0 Å². The highest BCUT2D eigenvalue weighted by Crippen LogP contribution is 2.05. The van der Waals surface area contributed by atoms with E-state index in [1.54, 1.807) is 10.5 Å². The Bertz CT molecular complexity index is 631. The molecule has 2 aromatic heterocycles. The number of nitrogens with zero attached hydrogens (tertiary/aromatic N) is 3. The van der Waals surface area contributed by atoms with Gasteiger partial charge in [0.2, 0.25) is 0 Å². The van der Waals surface area contributed by atoms with E-state index in [4.69, 9.17) is 5.11 Å². The number of pyridine rings is 1. The first-order valence-electron chi connectivity index (χ1n) is 6.97. The molecule has 0 aromatic carbocycles. The van der Waals surface area contributed by atoms with Gasteiger partial charge in [0.05, 0.1) is 12.3 Å². The van der Waals surface area contributed by atoms with Crippen molar-refractivity contribution in [1.82, 2.24) is 14.3 Å². The Kier molecular flexibility index (Phi) is 4.87. The van der Waals surface area contributed by atoms with Gasteiger partial charge in [0, 0.05) is 24.8 Å². The lowest BCUT2D eigenvalue weighted by atomic mass is 10.3. The maximum atomic E-state index is 12.2. The fraction of sp³-hybridized carbons (Fsp3) is 0.467. The van der Waals surface area contributed by atoms with Crippen molar-refractivity contribution >= 4 is 5.65 Å². The van der Waals surface area contributed by atoms with Crippen LogP contribution in [-0.4, -0.2) is 39.1 Å². The van der Waals surface area contributed by atoms with E-state index in [0.29, 0.717) is 18.7 Å². The third-order valence-corrected chi connectivity index (χ3v) is 3.27. The van der Waals surface area contributed by atoms with Gasteiger partial charge in [0.1, 0.15) is 5.65 Å². The van der Waals surface area contributed by atoms with Crippen LogP contribution in [-0.2, 0) is 6.54 Å². The molecule has 108 valence electrons. The van der Waals surface area contributed by atoms with Crippen LogP contribution in [0.1, 0.15) is 24.7 Å². The van der Waals surface area contributed by atoms with Crippen LogP contribution in [0.25, 0.3) is 5.65 Å². The zero-order valence-corrected chi connectivity index (χ0v) is 12.0. The molecule has 0 saturated carbocycles. The van der Waals surface area contributed by atoms with Crippen LogP contribution in [0.2, 0.25) is 0 Å². The van der Waals surface area contributed by atoms with Crippen molar-refractivity contribution in [2.45, 2.75) is 26.8 Å². The number of hydrogen-bond acceptors (Lipinski definition) is 4. The quantitative estimate of drug-likeness (QED) is 0.861. The van der Waals surface area contributed by atoms with E-state index >= 15 is 0 Å². The molecular formula is C15H21N3O2. The van der Waals surface area contributed by atoms with Crippen LogP contribution in [0.3, 0.4) is 0 Å². The SMILES string of the molecule is CCCN(CCO)Cc1cc(=O)n2c(C)cccc2n1. The molecule has 2 heterocycles. The minimum absolute atomic E-state index is 0.0523. The zero-order valence-electron chi connectivity index (χ0n) is 12.0. The molecule has 0 radical (unpaired) electrons.